The molecule has 0 fully saturated rings. The number of benzene rings is 1. The van der Waals surface area contributed by atoms with Crippen molar-refractivity contribution in [2.24, 2.45) is 0 Å². The summed E-state index contributed by atoms with van der Waals surface area (Å²) < 4.78 is 0. The minimum absolute atomic E-state index is 0.226. The molecule has 0 bridgehead atoms. The molecule has 0 unspecified atom stereocenters. The topological polar surface area (TPSA) is 20.3 Å². The number of rotatable bonds is 5. The molecule has 94 valence electrons. The maximum atomic E-state index is 11.0. The SMILES string of the molecule is CC(=O)CN(C)CCc1cc(C)c(C)cc1C. The van der Waals surface area contributed by atoms with Gasteiger partial charge in [0.25, 0.3) is 0 Å². The Labute approximate surface area is 105 Å². The Balaban J connectivity index is 2.63. The molecule has 0 radical (unpaired) electrons. The standard InChI is InChI=1S/C15H23NO/c1-11-8-13(3)15(9-12(11)2)6-7-16(5)10-14(4)17/h8-9H,6-7,10H2,1-5H3. The number of likely N-dealkylation sites (N-methyl/N-ethyl adjacent to an activating group) is 1. The van der Waals surface area contributed by atoms with Crippen molar-refractivity contribution in [3.63, 3.8) is 0 Å². The van der Waals surface area contributed by atoms with Crippen LogP contribution in [-0.4, -0.2) is 30.8 Å². The van der Waals surface area contributed by atoms with Gasteiger partial charge in [-0.15, -0.1) is 0 Å². The quantitative estimate of drug-likeness (QED) is 0.779. The maximum Gasteiger partial charge on any atom is 0.143 e. The Morgan fingerprint density at radius 1 is 1.12 bits per heavy atom. The minimum Gasteiger partial charge on any atom is -0.299 e. The van der Waals surface area contributed by atoms with Crippen LogP contribution >= 0.6 is 0 Å². The van der Waals surface area contributed by atoms with Crippen LogP contribution in [0.3, 0.4) is 0 Å². The zero-order chi connectivity index (χ0) is 13.0. The Hall–Kier alpha value is -1.15. The first kappa shape index (κ1) is 13.9. The number of nitrogens with zero attached hydrogens (tertiary/aromatic N) is 1. The summed E-state index contributed by atoms with van der Waals surface area (Å²) in [5, 5.41) is 0. The Morgan fingerprint density at radius 2 is 1.71 bits per heavy atom. The van der Waals surface area contributed by atoms with Crippen molar-refractivity contribution in [2.45, 2.75) is 34.1 Å². The zero-order valence-electron chi connectivity index (χ0n) is 11.6. The first-order valence-electron chi connectivity index (χ1n) is 6.15. The molecule has 0 aliphatic heterocycles. The lowest BCUT2D eigenvalue weighted by atomic mass is 9.99. The van der Waals surface area contributed by atoms with Crippen LogP contribution in [0.15, 0.2) is 12.1 Å². The molecule has 0 aliphatic rings. The first-order valence-corrected chi connectivity index (χ1v) is 6.15. The first-order chi connectivity index (χ1) is 7.90. The molecule has 0 amide bonds. The Kier molecular flexibility index (Phi) is 4.88. The van der Waals surface area contributed by atoms with Gasteiger partial charge in [0.1, 0.15) is 5.78 Å². The van der Waals surface area contributed by atoms with Crippen molar-refractivity contribution in [3.8, 4) is 0 Å². The molecule has 2 nitrogen and oxygen atoms in total. The van der Waals surface area contributed by atoms with E-state index in [9.17, 15) is 4.79 Å². The van der Waals surface area contributed by atoms with Crippen molar-refractivity contribution in [1.82, 2.24) is 4.90 Å². The number of Topliss-reactive ketones (excluding diaryl/α,β-unsaturated/α-hetero) is 1. The highest BCUT2D eigenvalue weighted by atomic mass is 16.1. The molecule has 1 rings (SSSR count). The fourth-order valence-electron chi connectivity index (χ4n) is 2.06. The number of hydrogen-bond acceptors (Lipinski definition) is 2. The van der Waals surface area contributed by atoms with E-state index in [4.69, 9.17) is 0 Å². The van der Waals surface area contributed by atoms with Gasteiger partial charge in [-0.3, -0.25) is 9.69 Å². The summed E-state index contributed by atoms with van der Waals surface area (Å²) in [6.45, 7) is 9.57. The van der Waals surface area contributed by atoms with Crippen LogP contribution in [0.2, 0.25) is 0 Å². The van der Waals surface area contributed by atoms with Gasteiger partial charge < -0.3 is 0 Å². The highest BCUT2D eigenvalue weighted by Gasteiger charge is 2.05. The summed E-state index contributed by atoms with van der Waals surface area (Å²) in [4.78, 5) is 13.1. The predicted octanol–water partition coefficient (Wildman–Crippen LogP) is 2.68. The third-order valence-corrected chi connectivity index (χ3v) is 3.21. The van der Waals surface area contributed by atoms with Crippen LogP contribution in [0.4, 0.5) is 0 Å². The van der Waals surface area contributed by atoms with E-state index in [0.717, 1.165) is 13.0 Å². The predicted molar refractivity (Wildman–Crippen MR) is 72.5 cm³/mol. The highest BCUT2D eigenvalue weighted by molar-refractivity contribution is 5.77. The van der Waals surface area contributed by atoms with Crippen LogP contribution in [-0.2, 0) is 11.2 Å². The van der Waals surface area contributed by atoms with Gasteiger partial charge in [-0.2, -0.15) is 0 Å². The van der Waals surface area contributed by atoms with E-state index < -0.39 is 0 Å². The minimum atomic E-state index is 0.226. The number of carbonyl (C=O) groups excluding carboxylic acids is 1. The molecule has 0 N–H and O–H groups in total. The van der Waals surface area contributed by atoms with Gasteiger partial charge in [-0.25, -0.2) is 0 Å². The van der Waals surface area contributed by atoms with Gasteiger partial charge in [0, 0.05) is 6.54 Å². The van der Waals surface area contributed by atoms with Crippen molar-refractivity contribution < 1.29 is 4.79 Å². The molecular weight excluding hydrogens is 210 g/mol. The summed E-state index contributed by atoms with van der Waals surface area (Å²) in [5.74, 6) is 0.226. The van der Waals surface area contributed by atoms with Crippen molar-refractivity contribution in [1.29, 1.82) is 0 Å². The van der Waals surface area contributed by atoms with Crippen LogP contribution in [0.5, 0.6) is 0 Å². The van der Waals surface area contributed by atoms with Crippen LogP contribution < -0.4 is 0 Å². The van der Waals surface area contributed by atoms with Crippen molar-refractivity contribution in [3.05, 3.63) is 34.4 Å². The molecule has 17 heavy (non-hydrogen) atoms. The molecule has 0 atom stereocenters. The third-order valence-electron chi connectivity index (χ3n) is 3.21. The fourth-order valence-corrected chi connectivity index (χ4v) is 2.06. The average molecular weight is 233 g/mol. The van der Waals surface area contributed by atoms with Gasteiger partial charge >= 0.3 is 0 Å². The smallest absolute Gasteiger partial charge is 0.143 e. The number of hydrogen-bond donors (Lipinski definition) is 0. The normalized spacial score (nSPS) is 10.9. The molecule has 0 spiro atoms. The van der Waals surface area contributed by atoms with E-state index in [1.165, 1.54) is 22.3 Å². The summed E-state index contributed by atoms with van der Waals surface area (Å²) in [7, 11) is 2.00. The van der Waals surface area contributed by atoms with E-state index in [2.05, 4.69) is 37.8 Å². The molecule has 1 aromatic carbocycles. The number of carbonyl (C=O) groups is 1. The number of ketones is 1. The molecule has 0 saturated heterocycles. The van der Waals surface area contributed by atoms with E-state index in [0.29, 0.717) is 6.54 Å². The van der Waals surface area contributed by atoms with Gasteiger partial charge in [-0.05, 0) is 63.4 Å². The molecule has 0 heterocycles. The second kappa shape index (κ2) is 5.97. The van der Waals surface area contributed by atoms with E-state index in [1.54, 1.807) is 6.92 Å². The summed E-state index contributed by atoms with van der Waals surface area (Å²) >= 11 is 0. The lowest BCUT2D eigenvalue weighted by Gasteiger charge is -2.16. The molecule has 0 saturated carbocycles. The van der Waals surface area contributed by atoms with E-state index in [-0.39, 0.29) is 5.78 Å². The molecule has 0 aliphatic carbocycles. The van der Waals surface area contributed by atoms with Crippen LogP contribution in [0.1, 0.15) is 29.2 Å². The summed E-state index contributed by atoms with van der Waals surface area (Å²) in [6.07, 6.45) is 1.01. The summed E-state index contributed by atoms with van der Waals surface area (Å²) in [5.41, 5.74) is 5.44. The monoisotopic (exact) mass is 233 g/mol. The number of aryl methyl sites for hydroxylation is 3. The summed E-state index contributed by atoms with van der Waals surface area (Å²) in [6, 6.07) is 4.52. The van der Waals surface area contributed by atoms with Crippen LogP contribution in [0, 0.1) is 20.8 Å². The van der Waals surface area contributed by atoms with Crippen molar-refractivity contribution in [2.75, 3.05) is 20.1 Å². The van der Waals surface area contributed by atoms with Gasteiger partial charge in [-0.1, -0.05) is 12.1 Å². The van der Waals surface area contributed by atoms with Crippen LogP contribution in [0.25, 0.3) is 0 Å². The largest absolute Gasteiger partial charge is 0.299 e. The lowest BCUT2D eigenvalue weighted by molar-refractivity contribution is -0.117. The van der Waals surface area contributed by atoms with E-state index >= 15 is 0 Å². The zero-order valence-corrected chi connectivity index (χ0v) is 11.6. The van der Waals surface area contributed by atoms with Crippen molar-refractivity contribution >= 4 is 5.78 Å². The molecular formula is C15H23NO. The van der Waals surface area contributed by atoms with E-state index in [1.807, 2.05) is 7.05 Å². The fraction of sp³-hybridized carbons (Fsp3) is 0.533. The molecule has 1 aromatic rings. The average Bonchev–Trinajstić information content (AvgIpc) is 2.20. The molecule has 0 aromatic heterocycles. The highest BCUT2D eigenvalue weighted by Crippen LogP contribution is 2.15. The lowest BCUT2D eigenvalue weighted by Crippen LogP contribution is -2.26. The Bertz CT molecular complexity index is 410. The van der Waals surface area contributed by atoms with Gasteiger partial charge in [0.15, 0.2) is 0 Å². The third kappa shape index (κ3) is 4.31. The van der Waals surface area contributed by atoms with Gasteiger partial charge in [0.2, 0.25) is 0 Å². The second-order valence-corrected chi connectivity index (χ2v) is 5.05. The maximum absolute atomic E-state index is 11.0. The second-order valence-electron chi connectivity index (χ2n) is 5.05. The van der Waals surface area contributed by atoms with Gasteiger partial charge in [0.05, 0.1) is 6.54 Å². The molecule has 2 heteroatoms. The Morgan fingerprint density at radius 3 is 2.29 bits per heavy atom.